The molecule has 0 aliphatic rings. The Labute approximate surface area is 486 Å². The van der Waals surface area contributed by atoms with Gasteiger partial charge in [0, 0.05) is 70.2 Å². The van der Waals surface area contributed by atoms with Crippen molar-refractivity contribution in [3.63, 3.8) is 0 Å². The number of nitrogens with zero attached hydrogens (tertiary/aromatic N) is 15. The molecule has 12 aromatic rings. The van der Waals surface area contributed by atoms with Gasteiger partial charge in [0.25, 0.3) is 0 Å². The molecule has 3 aromatic carbocycles. The van der Waals surface area contributed by atoms with Crippen LogP contribution in [-0.4, -0.2) is 100 Å². The molecule has 0 amide bonds. The summed E-state index contributed by atoms with van der Waals surface area (Å²) in [7, 11) is -2.30. The van der Waals surface area contributed by atoms with Crippen LogP contribution < -0.4 is 8.92 Å². The topological polar surface area (TPSA) is 242 Å². The smallest absolute Gasteiger partial charge is 0.306 e. The van der Waals surface area contributed by atoms with Crippen LogP contribution in [0.15, 0.2) is 110 Å². The van der Waals surface area contributed by atoms with Crippen LogP contribution in [0.3, 0.4) is 0 Å². The Morgan fingerprint density at radius 1 is 0.442 bits per heavy atom. The van der Waals surface area contributed by atoms with Crippen LogP contribution >= 0.6 is 0 Å². The van der Waals surface area contributed by atoms with Gasteiger partial charge in [-0.05, 0) is 77.9 Å². The molecule has 0 unspecified atom stereocenters. The standard InChI is InChI=1S/C20H17F2N5O3S.C20H17F2N5O.C19H15F2N5O/c1-11-18-20(25-12(2)24-11)27(19(26-18)14-6-15(21)9-23-8-14)10-13-4-5-16(7-17(13)22)30-31(3,28)29;1-11-18-20(25-12(2)24-11)27(10-13-4-5-16(28-3)7-17(13)22)19(26-18)14-6-15(21)9-23-8-14;1-10-17-19(24-11(2)23-10)26(9-12-3-4-15(27)6-16(12)21)18(25-17)13-5-14(20)8-22-7-13/h4-9H,10H2,1-3H3;4-9H,10H2,1-3H3;3-8,27H,9H2,1-2H3. The zero-order chi connectivity index (χ0) is 61.3. The molecule has 0 aliphatic heterocycles. The number of aryl methyl sites for hydroxylation is 6. The number of phenols is 1. The molecule has 0 atom stereocenters. The number of pyridine rings is 3. The van der Waals surface area contributed by atoms with Crippen molar-refractivity contribution in [1.29, 1.82) is 0 Å². The Kier molecular flexibility index (Phi) is 16.5. The highest BCUT2D eigenvalue weighted by molar-refractivity contribution is 7.86. The molecule has 0 bridgehead atoms. The van der Waals surface area contributed by atoms with E-state index < -0.39 is 45.0 Å². The quantitative estimate of drug-likeness (QED) is 0.0883. The Morgan fingerprint density at radius 2 is 0.779 bits per heavy atom. The van der Waals surface area contributed by atoms with Crippen molar-refractivity contribution < 1.29 is 48.8 Å². The molecule has 0 radical (unpaired) electrons. The van der Waals surface area contributed by atoms with Gasteiger partial charge in [-0.1, -0.05) is 18.2 Å². The van der Waals surface area contributed by atoms with Crippen LogP contribution in [0.4, 0.5) is 26.3 Å². The molecular formula is C59H49F6N15O5S. The average molecular weight is 1190 g/mol. The molecule has 1 N–H and O–H groups in total. The van der Waals surface area contributed by atoms with E-state index >= 15 is 0 Å². The van der Waals surface area contributed by atoms with Gasteiger partial charge in [0.05, 0.1) is 68.7 Å². The van der Waals surface area contributed by atoms with E-state index in [-0.39, 0.29) is 36.7 Å². The van der Waals surface area contributed by atoms with Gasteiger partial charge in [-0.2, -0.15) is 8.42 Å². The molecule has 0 saturated carbocycles. The van der Waals surface area contributed by atoms with Gasteiger partial charge in [0.15, 0.2) is 16.9 Å². The zero-order valence-electron chi connectivity index (χ0n) is 47.0. The molecule has 12 rings (SSSR count). The van der Waals surface area contributed by atoms with Crippen molar-refractivity contribution in [2.45, 2.75) is 61.2 Å². The van der Waals surface area contributed by atoms with Crippen molar-refractivity contribution in [2.75, 3.05) is 13.4 Å². The minimum Gasteiger partial charge on any atom is -0.508 e. The number of halogens is 6. The number of aromatic nitrogens is 15. The van der Waals surface area contributed by atoms with Crippen LogP contribution in [0.1, 0.15) is 51.2 Å². The fraction of sp³-hybridized carbons (Fsp3) is 0.186. The van der Waals surface area contributed by atoms with Crippen LogP contribution in [0.25, 0.3) is 67.7 Å². The molecule has 86 heavy (non-hydrogen) atoms. The molecule has 438 valence electrons. The first kappa shape index (κ1) is 58.9. The molecule has 0 spiro atoms. The fourth-order valence-electron chi connectivity index (χ4n) is 9.38. The van der Waals surface area contributed by atoms with Crippen LogP contribution in [-0.2, 0) is 29.8 Å². The Hall–Kier alpha value is -10.3. The van der Waals surface area contributed by atoms with Crippen LogP contribution in [0, 0.1) is 76.4 Å². The second-order valence-electron chi connectivity index (χ2n) is 19.6. The van der Waals surface area contributed by atoms with E-state index in [1.807, 2.05) is 13.8 Å². The predicted molar refractivity (Wildman–Crippen MR) is 304 cm³/mol. The normalized spacial score (nSPS) is 11.4. The molecular weight excluding hydrogens is 1140 g/mol. The van der Waals surface area contributed by atoms with Gasteiger partial charge in [0.2, 0.25) is 0 Å². The summed E-state index contributed by atoms with van der Waals surface area (Å²) in [5.74, 6) is -0.181. The number of imidazole rings is 3. The number of fused-ring (bicyclic) bond motifs is 3. The molecule has 0 aliphatic carbocycles. The van der Waals surface area contributed by atoms with Gasteiger partial charge >= 0.3 is 10.1 Å². The lowest BCUT2D eigenvalue weighted by Gasteiger charge is -2.11. The highest BCUT2D eigenvalue weighted by atomic mass is 32.2. The molecule has 9 heterocycles. The van der Waals surface area contributed by atoms with E-state index in [0.717, 1.165) is 37.0 Å². The third kappa shape index (κ3) is 12.9. The Morgan fingerprint density at radius 3 is 1.10 bits per heavy atom. The van der Waals surface area contributed by atoms with Crippen LogP contribution in [0.5, 0.6) is 17.2 Å². The maximum Gasteiger partial charge on any atom is 0.306 e. The maximum absolute atomic E-state index is 14.8. The molecule has 20 nitrogen and oxygen atoms in total. The number of ether oxygens (including phenoxy) is 1. The maximum atomic E-state index is 14.8. The lowest BCUT2D eigenvalue weighted by atomic mass is 10.2. The van der Waals surface area contributed by atoms with Crippen molar-refractivity contribution in [1.82, 2.24) is 73.5 Å². The van der Waals surface area contributed by atoms with Gasteiger partial charge in [-0.3, -0.25) is 15.0 Å². The van der Waals surface area contributed by atoms with Crippen molar-refractivity contribution >= 4 is 43.6 Å². The highest BCUT2D eigenvalue weighted by Gasteiger charge is 2.23. The minimum atomic E-state index is -3.78. The van der Waals surface area contributed by atoms with Gasteiger partial charge in [-0.25, -0.2) is 71.2 Å². The second kappa shape index (κ2) is 24.1. The van der Waals surface area contributed by atoms with E-state index in [0.29, 0.717) is 119 Å². The molecule has 9 aromatic heterocycles. The Bertz CT molecular complexity index is 4720. The van der Waals surface area contributed by atoms with E-state index in [2.05, 4.69) is 59.8 Å². The number of methoxy groups -OCH3 is 1. The van der Waals surface area contributed by atoms with Crippen LogP contribution in [0.2, 0.25) is 0 Å². The summed E-state index contributed by atoms with van der Waals surface area (Å²) in [5, 5.41) is 9.44. The predicted octanol–water partition coefficient (Wildman–Crippen LogP) is 10.5. The van der Waals surface area contributed by atoms with Gasteiger partial charge in [0.1, 0.15) is 104 Å². The van der Waals surface area contributed by atoms with Gasteiger partial charge < -0.3 is 27.7 Å². The summed E-state index contributed by atoms with van der Waals surface area (Å²) in [6, 6.07) is 16.3. The number of rotatable bonds is 12. The van der Waals surface area contributed by atoms with Gasteiger partial charge in [-0.15, -0.1) is 0 Å². The van der Waals surface area contributed by atoms with E-state index in [9.17, 15) is 39.9 Å². The average Bonchev–Trinajstić information content (AvgIpc) is 2.13. The van der Waals surface area contributed by atoms with Crippen molar-refractivity contribution in [3.05, 3.63) is 196 Å². The van der Waals surface area contributed by atoms with Crippen molar-refractivity contribution in [3.8, 4) is 51.4 Å². The monoisotopic (exact) mass is 1190 g/mol. The van der Waals surface area contributed by atoms with E-state index in [1.165, 1.54) is 74.2 Å². The first-order valence-electron chi connectivity index (χ1n) is 25.9. The third-order valence-corrected chi connectivity index (χ3v) is 13.6. The van der Waals surface area contributed by atoms with E-state index in [4.69, 9.17) is 8.92 Å². The SMILES string of the molecule is COc1ccc(Cn2c(-c3cncc(F)c3)nc3c(C)nc(C)nc32)c(F)c1.Cc1nc(C)c2nc(-c3cncc(F)c3)n(Cc3ccc(O)cc3F)c2n1.Cc1nc(C)c2nc(-c3cncc(F)c3)n(Cc3ccc(OS(C)(=O)=O)cc3F)c2n1. The Balaban J connectivity index is 0.000000143. The lowest BCUT2D eigenvalue weighted by molar-refractivity contribution is 0.410. The minimum absolute atomic E-state index is 0.00320. The lowest BCUT2D eigenvalue weighted by Crippen LogP contribution is -2.08. The number of hydrogen-bond acceptors (Lipinski definition) is 17. The van der Waals surface area contributed by atoms with Crippen molar-refractivity contribution in [2.24, 2.45) is 0 Å². The molecule has 27 heteroatoms. The summed E-state index contributed by atoms with van der Waals surface area (Å²) in [4.78, 5) is 51.8. The number of aromatic hydroxyl groups is 1. The zero-order valence-corrected chi connectivity index (χ0v) is 47.8. The summed E-state index contributed by atoms with van der Waals surface area (Å²) in [6.45, 7) is 10.9. The number of hydrogen-bond donors (Lipinski definition) is 1. The number of benzene rings is 3. The molecule has 0 saturated heterocycles. The fourth-order valence-corrected chi connectivity index (χ4v) is 9.83. The summed E-state index contributed by atoms with van der Waals surface area (Å²) < 4.78 is 122. The third-order valence-electron chi connectivity index (χ3n) is 13.1. The number of phenolic OH excluding ortho intramolecular Hbond substituents is 1. The first-order chi connectivity index (χ1) is 41.0. The summed E-state index contributed by atoms with van der Waals surface area (Å²) >= 11 is 0. The molecule has 0 fully saturated rings. The second-order valence-corrected chi connectivity index (χ2v) is 21.2. The largest absolute Gasteiger partial charge is 0.508 e. The summed E-state index contributed by atoms with van der Waals surface area (Å²) in [6.07, 6.45) is 8.63. The van der Waals surface area contributed by atoms with E-state index in [1.54, 1.807) is 53.5 Å². The first-order valence-corrected chi connectivity index (χ1v) is 27.8. The summed E-state index contributed by atoms with van der Waals surface area (Å²) in [5.41, 5.74) is 7.50. The highest BCUT2D eigenvalue weighted by Crippen LogP contribution is 2.32.